The van der Waals surface area contributed by atoms with Gasteiger partial charge in [0.15, 0.2) is 0 Å². The van der Waals surface area contributed by atoms with E-state index < -0.39 is 5.97 Å². The van der Waals surface area contributed by atoms with Crippen LogP contribution in [0.4, 0.5) is 0 Å². The summed E-state index contributed by atoms with van der Waals surface area (Å²) in [6, 6.07) is 11.6. The van der Waals surface area contributed by atoms with E-state index in [1.165, 1.54) is 13.2 Å². The molecule has 4 nitrogen and oxygen atoms in total. The van der Waals surface area contributed by atoms with Crippen molar-refractivity contribution >= 4 is 12.3 Å². The van der Waals surface area contributed by atoms with Crippen LogP contribution in [0.2, 0.25) is 0 Å². The summed E-state index contributed by atoms with van der Waals surface area (Å²) < 4.78 is 4.60. The minimum atomic E-state index is -0.594. The summed E-state index contributed by atoms with van der Waals surface area (Å²) in [4.78, 5) is 22.1. The van der Waals surface area contributed by atoms with Gasteiger partial charge in [-0.1, -0.05) is 30.3 Å². The summed E-state index contributed by atoms with van der Waals surface area (Å²) in [6.07, 6.45) is 0.764. The van der Waals surface area contributed by atoms with Gasteiger partial charge in [0, 0.05) is 5.56 Å². The number of phenols is 1. The molecule has 0 unspecified atom stereocenters. The van der Waals surface area contributed by atoms with Gasteiger partial charge in [-0.2, -0.15) is 0 Å². The topological polar surface area (TPSA) is 63.6 Å². The highest BCUT2D eigenvalue weighted by atomic mass is 16.5. The molecular weight excluding hydrogens is 244 g/mol. The van der Waals surface area contributed by atoms with E-state index in [0.717, 1.165) is 17.4 Å². The predicted octanol–water partition coefficient (Wildman–Crippen LogP) is 2.66. The number of aromatic hydroxyl groups is 1. The quantitative estimate of drug-likeness (QED) is 0.677. The molecule has 0 saturated carbocycles. The number of phenolic OH excluding ortho intramolecular Hbond substituents is 1. The highest BCUT2D eigenvalue weighted by Gasteiger charge is 2.12. The number of benzene rings is 2. The van der Waals surface area contributed by atoms with Crippen LogP contribution < -0.4 is 0 Å². The number of carbonyl (C=O) groups is 2. The molecule has 0 radical (unpaired) electrons. The van der Waals surface area contributed by atoms with Crippen molar-refractivity contribution in [3.05, 3.63) is 53.6 Å². The van der Waals surface area contributed by atoms with Crippen molar-refractivity contribution in [2.45, 2.75) is 0 Å². The van der Waals surface area contributed by atoms with Crippen molar-refractivity contribution in [3.8, 4) is 16.9 Å². The zero-order valence-corrected chi connectivity index (χ0v) is 10.3. The fraction of sp³-hybridized carbons (Fsp3) is 0.0667. The number of aldehydes is 1. The zero-order chi connectivity index (χ0) is 13.8. The first-order valence-electron chi connectivity index (χ1n) is 5.62. The van der Waals surface area contributed by atoms with Gasteiger partial charge in [-0.05, 0) is 23.3 Å². The van der Waals surface area contributed by atoms with E-state index in [2.05, 4.69) is 4.74 Å². The van der Waals surface area contributed by atoms with Crippen LogP contribution in [-0.2, 0) is 4.74 Å². The summed E-state index contributed by atoms with van der Waals surface area (Å²) in [5.41, 5.74) is 2.29. The van der Waals surface area contributed by atoms with Gasteiger partial charge in [-0.15, -0.1) is 0 Å². The summed E-state index contributed by atoms with van der Waals surface area (Å²) in [6.45, 7) is 0. The molecule has 0 heterocycles. The maximum atomic E-state index is 11.5. The molecule has 0 amide bonds. The van der Waals surface area contributed by atoms with Gasteiger partial charge in [0.2, 0.25) is 0 Å². The lowest BCUT2D eigenvalue weighted by atomic mass is 10.0. The van der Waals surface area contributed by atoms with E-state index in [-0.39, 0.29) is 11.3 Å². The molecular formula is C15H12O4. The summed E-state index contributed by atoms with van der Waals surface area (Å²) in [7, 11) is 1.26. The standard InChI is InChI=1S/C15H12O4/c1-19-15(18)13-8-12(6-7-14(13)17)11-4-2-10(9-16)3-5-11/h2-9,17H,1H3. The third-order valence-electron chi connectivity index (χ3n) is 2.78. The molecule has 96 valence electrons. The van der Waals surface area contributed by atoms with Crippen molar-refractivity contribution in [2.75, 3.05) is 7.11 Å². The lowest BCUT2D eigenvalue weighted by Gasteiger charge is -2.06. The number of carbonyl (C=O) groups excluding carboxylic acids is 2. The average molecular weight is 256 g/mol. The Labute approximate surface area is 110 Å². The Hall–Kier alpha value is -2.62. The van der Waals surface area contributed by atoms with E-state index in [1.54, 1.807) is 36.4 Å². The van der Waals surface area contributed by atoms with Crippen LogP contribution in [0.5, 0.6) is 5.75 Å². The number of rotatable bonds is 3. The summed E-state index contributed by atoms with van der Waals surface area (Å²) in [5, 5.41) is 9.62. The maximum absolute atomic E-state index is 11.5. The fourth-order valence-corrected chi connectivity index (χ4v) is 1.74. The predicted molar refractivity (Wildman–Crippen MR) is 70.3 cm³/mol. The highest BCUT2D eigenvalue weighted by Crippen LogP contribution is 2.26. The molecule has 2 aromatic carbocycles. The third-order valence-corrected chi connectivity index (χ3v) is 2.78. The highest BCUT2D eigenvalue weighted by molar-refractivity contribution is 5.94. The normalized spacial score (nSPS) is 9.95. The van der Waals surface area contributed by atoms with Crippen LogP contribution in [0.3, 0.4) is 0 Å². The van der Waals surface area contributed by atoms with Gasteiger partial charge in [0.05, 0.1) is 7.11 Å². The first-order valence-corrected chi connectivity index (χ1v) is 5.62. The van der Waals surface area contributed by atoms with Crippen LogP contribution in [0.15, 0.2) is 42.5 Å². The van der Waals surface area contributed by atoms with E-state index in [4.69, 9.17) is 0 Å². The second-order valence-corrected chi connectivity index (χ2v) is 3.96. The maximum Gasteiger partial charge on any atom is 0.341 e. The molecule has 2 rings (SSSR count). The third kappa shape index (κ3) is 2.63. The van der Waals surface area contributed by atoms with Crippen molar-refractivity contribution in [2.24, 2.45) is 0 Å². The fourth-order valence-electron chi connectivity index (χ4n) is 1.74. The smallest absolute Gasteiger partial charge is 0.341 e. The molecule has 0 spiro atoms. The van der Waals surface area contributed by atoms with Crippen molar-refractivity contribution in [1.29, 1.82) is 0 Å². The molecule has 2 aromatic rings. The first-order chi connectivity index (χ1) is 9.15. The Kier molecular flexibility index (Phi) is 3.61. The molecule has 0 aromatic heterocycles. The summed E-state index contributed by atoms with van der Waals surface area (Å²) >= 11 is 0. The first kappa shape index (κ1) is 12.8. The number of hydrogen-bond donors (Lipinski definition) is 1. The molecule has 0 fully saturated rings. The molecule has 4 heteroatoms. The molecule has 0 bridgehead atoms. The van der Waals surface area contributed by atoms with Crippen LogP contribution in [0.25, 0.3) is 11.1 Å². The number of esters is 1. The molecule has 0 aliphatic rings. The Bertz CT molecular complexity index is 615. The SMILES string of the molecule is COC(=O)c1cc(-c2ccc(C=O)cc2)ccc1O. The number of hydrogen-bond acceptors (Lipinski definition) is 4. The van der Waals surface area contributed by atoms with Gasteiger partial charge in [-0.25, -0.2) is 4.79 Å². The number of methoxy groups -OCH3 is 1. The molecule has 0 aliphatic heterocycles. The van der Waals surface area contributed by atoms with Gasteiger partial charge < -0.3 is 9.84 Å². The van der Waals surface area contributed by atoms with Gasteiger partial charge in [0.1, 0.15) is 17.6 Å². The second-order valence-electron chi connectivity index (χ2n) is 3.96. The Morgan fingerprint density at radius 3 is 2.32 bits per heavy atom. The van der Waals surface area contributed by atoms with E-state index in [9.17, 15) is 14.7 Å². The number of ether oxygens (including phenoxy) is 1. The lowest BCUT2D eigenvalue weighted by molar-refractivity contribution is 0.0597. The van der Waals surface area contributed by atoms with Gasteiger partial charge >= 0.3 is 5.97 Å². The largest absolute Gasteiger partial charge is 0.507 e. The molecule has 1 N–H and O–H groups in total. The lowest BCUT2D eigenvalue weighted by Crippen LogP contribution is -2.01. The van der Waals surface area contributed by atoms with Crippen LogP contribution in [0, 0.1) is 0 Å². The Balaban J connectivity index is 2.44. The van der Waals surface area contributed by atoms with Gasteiger partial charge in [-0.3, -0.25) is 4.79 Å². The summed E-state index contributed by atoms with van der Waals surface area (Å²) in [5.74, 6) is -0.719. The second kappa shape index (κ2) is 5.35. The molecule has 0 atom stereocenters. The molecule has 0 aliphatic carbocycles. The van der Waals surface area contributed by atoms with Crippen molar-refractivity contribution < 1.29 is 19.4 Å². The van der Waals surface area contributed by atoms with Crippen LogP contribution in [-0.4, -0.2) is 24.5 Å². The Morgan fingerprint density at radius 1 is 1.11 bits per heavy atom. The molecule has 19 heavy (non-hydrogen) atoms. The Morgan fingerprint density at radius 2 is 1.74 bits per heavy atom. The monoisotopic (exact) mass is 256 g/mol. The van der Waals surface area contributed by atoms with E-state index in [1.807, 2.05) is 0 Å². The van der Waals surface area contributed by atoms with E-state index >= 15 is 0 Å². The minimum absolute atomic E-state index is 0.111. The van der Waals surface area contributed by atoms with Crippen molar-refractivity contribution in [1.82, 2.24) is 0 Å². The van der Waals surface area contributed by atoms with Gasteiger partial charge in [0.25, 0.3) is 0 Å². The minimum Gasteiger partial charge on any atom is -0.507 e. The molecule has 0 saturated heterocycles. The average Bonchev–Trinajstić information content (AvgIpc) is 2.47. The van der Waals surface area contributed by atoms with E-state index in [0.29, 0.717) is 5.56 Å². The zero-order valence-electron chi connectivity index (χ0n) is 10.3. The van der Waals surface area contributed by atoms with Crippen LogP contribution in [0.1, 0.15) is 20.7 Å². The van der Waals surface area contributed by atoms with Crippen molar-refractivity contribution in [3.63, 3.8) is 0 Å². The van der Waals surface area contributed by atoms with Crippen LogP contribution >= 0.6 is 0 Å².